The smallest absolute Gasteiger partial charge is 0.262 e. The van der Waals surface area contributed by atoms with Gasteiger partial charge in [0.2, 0.25) is 5.91 Å². The number of piperidine rings is 1. The van der Waals surface area contributed by atoms with Gasteiger partial charge in [0.1, 0.15) is 0 Å². The first-order valence-electron chi connectivity index (χ1n) is 9.43. The van der Waals surface area contributed by atoms with Crippen LogP contribution in [0.4, 0.5) is 5.69 Å². The van der Waals surface area contributed by atoms with E-state index in [0.717, 1.165) is 0 Å². The molecule has 1 aliphatic rings. The molecule has 1 saturated heterocycles. The highest BCUT2D eigenvalue weighted by atomic mass is 32.2. The van der Waals surface area contributed by atoms with Gasteiger partial charge in [-0.05, 0) is 31.9 Å². The molecule has 2 heterocycles. The van der Waals surface area contributed by atoms with E-state index in [0.29, 0.717) is 36.6 Å². The minimum Gasteiger partial charge on any atom is -0.493 e. The minimum absolute atomic E-state index is 0.0487. The predicted octanol–water partition coefficient (Wildman–Crippen LogP) is 1.96. The normalized spacial score (nSPS) is 15.8. The summed E-state index contributed by atoms with van der Waals surface area (Å²) in [6.45, 7) is 3.14. The van der Waals surface area contributed by atoms with Gasteiger partial charge in [0.05, 0.1) is 20.5 Å². The molecule has 0 atom stereocenters. The lowest BCUT2D eigenvalue weighted by molar-refractivity contribution is -0.120. The molecular formula is C19H26N4O5S. The average molecular weight is 423 g/mol. The molecule has 1 aromatic heterocycles. The summed E-state index contributed by atoms with van der Waals surface area (Å²) in [5, 5.41) is 2.92. The summed E-state index contributed by atoms with van der Waals surface area (Å²) in [7, 11) is -0.560. The number of amides is 1. The van der Waals surface area contributed by atoms with Crippen LogP contribution in [0.15, 0.2) is 35.7 Å². The second kappa shape index (κ2) is 8.83. The molecule has 1 fully saturated rings. The molecule has 29 heavy (non-hydrogen) atoms. The molecule has 1 aromatic carbocycles. The Balaban J connectivity index is 1.61. The second-order valence-electron chi connectivity index (χ2n) is 6.78. The number of benzene rings is 1. The van der Waals surface area contributed by atoms with Crippen molar-refractivity contribution in [3.63, 3.8) is 0 Å². The Labute approximate surface area is 170 Å². The van der Waals surface area contributed by atoms with Crippen LogP contribution in [-0.2, 0) is 21.4 Å². The summed E-state index contributed by atoms with van der Waals surface area (Å²) in [4.78, 5) is 16.6. The van der Waals surface area contributed by atoms with Crippen molar-refractivity contribution in [2.75, 3.05) is 32.6 Å². The largest absolute Gasteiger partial charge is 0.493 e. The predicted molar refractivity (Wildman–Crippen MR) is 108 cm³/mol. The Kier molecular flexibility index (Phi) is 6.43. The summed E-state index contributed by atoms with van der Waals surface area (Å²) in [6.07, 6.45) is 3.95. The number of sulfonamides is 1. The number of hydrogen-bond donors (Lipinski definition) is 1. The molecule has 0 bridgehead atoms. The van der Waals surface area contributed by atoms with E-state index in [1.807, 2.05) is 6.92 Å². The van der Waals surface area contributed by atoms with E-state index in [2.05, 4.69) is 10.3 Å². The van der Waals surface area contributed by atoms with Crippen molar-refractivity contribution in [3.05, 3.63) is 30.7 Å². The average Bonchev–Trinajstić information content (AvgIpc) is 3.24. The first-order valence-corrected chi connectivity index (χ1v) is 10.9. The first kappa shape index (κ1) is 21.1. The fraction of sp³-hybridized carbons (Fsp3) is 0.474. The van der Waals surface area contributed by atoms with Gasteiger partial charge in [-0.15, -0.1) is 0 Å². The van der Waals surface area contributed by atoms with Gasteiger partial charge in [-0.1, -0.05) is 0 Å². The van der Waals surface area contributed by atoms with E-state index in [1.54, 1.807) is 29.9 Å². The van der Waals surface area contributed by atoms with Gasteiger partial charge in [0.25, 0.3) is 10.0 Å². The third-order valence-electron chi connectivity index (χ3n) is 5.05. The fourth-order valence-electron chi connectivity index (χ4n) is 3.29. The molecular weight excluding hydrogens is 396 g/mol. The Morgan fingerprint density at radius 2 is 1.90 bits per heavy atom. The van der Waals surface area contributed by atoms with Crippen LogP contribution in [0, 0.1) is 5.92 Å². The highest BCUT2D eigenvalue weighted by molar-refractivity contribution is 7.89. The van der Waals surface area contributed by atoms with E-state index in [-0.39, 0.29) is 29.9 Å². The number of hydrogen-bond acceptors (Lipinski definition) is 6. The molecule has 3 rings (SSSR count). The van der Waals surface area contributed by atoms with Gasteiger partial charge in [-0.3, -0.25) is 4.79 Å². The van der Waals surface area contributed by atoms with Crippen LogP contribution < -0.4 is 14.8 Å². The van der Waals surface area contributed by atoms with E-state index in [4.69, 9.17) is 9.47 Å². The molecule has 2 aromatic rings. The summed E-state index contributed by atoms with van der Waals surface area (Å²) < 4.78 is 39.0. The van der Waals surface area contributed by atoms with Crippen molar-refractivity contribution < 1.29 is 22.7 Å². The van der Waals surface area contributed by atoms with Crippen LogP contribution in [0.5, 0.6) is 11.5 Å². The van der Waals surface area contributed by atoms with E-state index >= 15 is 0 Å². The van der Waals surface area contributed by atoms with Gasteiger partial charge in [0, 0.05) is 43.5 Å². The van der Waals surface area contributed by atoms with Crippen molar-refractivity contribution in [1.82, 2.24) is 13.9 Å². The number of rotatable bonds is 7. The van der Waals surface area contributed by atoms with Gasteiger partial charge >= 0.3 is 0 Å². The molecule has 0 unspecified atom stereocenters. The molecule has 158 valence electrons. The maximum atomic E-state index is 12.7. The molecule has 1 N–H and O–H groups in total. The van der Waals surface area contributed by atoms with Crippen LogP contribution in [0.25, 0.3) is 0 Å². The van der Waals surface area contributed by atoms with Crippen molar-refractivity contribution in [2.24, 2.45) is 5.92 Å². The number of aryl methyl sites for hydroxylation is 1. The number of methoxy groups -OCH3 is 2. The molecule has 1 aliphatic heterocycles. The monoisotopic (exact) mass is 422 g/mol. The summed E-state index contributed by atoms with van der Waals surface area (Å²) >= 11 is 0. The minimum atomic E-state index is -3.64. The Morgan fingerprint density at radius 1 is 1.21 bits per heavy atom. The lowest BCUT2D eigenvalue weighted by Crippen LogP contribution is -2.41. The van der Waals surface area contributed by atoms with Crippen molar-refractivity contribution in [3.8, 4) is 11.5 Å². The fourth-order valence-corrected chi connectivity index (χ4v) is 4.70. The van der Waals surface area contributed by atoms with Crippen molar-refractivity contribution in [1.29, 1.82) is 0 Å². The molecule has 10 heteroatoms. The topological polar surface area (TPSA) is 103 Å². The zero-order chi connectivity index (χ0) is 21.0. The van der Waals surface area contributed by atoms with Crippen molar-refractivity contribution in [2.45, 2.75) is 31.3 Å². The van der Waals surface area contributed by atoms with Crippen LogP contribution in [0.2, 0.25) is 0 Å². The molecule has 0 aliphatic carbocycles. The maximum Gasteiger partial charge on any atom is 0.262 e. The summed E-state index contributed by atoms with van der Waals surface area (Å²) in [5.41, 5.74) is 0.604. The molecule has 0 radical (unpaired) electrons. The summed E-state index contributed by atoms with van der Waals surface area (Å²) in [5.74, 6) is 0.708. The van der Waals surface area contributed by atoms with Crippen LogP contribution in [-0.4, -0.2) is 55.5 Å². The van der Waals surface area contributed by atoms with Crippen LogP contribution in [0.3, 0.4) is 0 Å². The Hall–Kier alpha value is -2.59. The number of imidazole rings is 1. The van der Waals surface area contributed by atoms with Crippen LogP contribution in [0.1, 0.15) is 19.8 Å². The van der Waals surface area contributed by atoms with Gasteiger partial charge in [-0.25, -0.2) is 13.4 Å². The number of carbonyl (C=O) groups is 1. The number of carbonyl (C=O) groups excluding carboxylic acids is 1. The zero-order valence-corrected chi connectivity index (χ0v) is 17.6. The maximum absolute atomic E-state index is 12.7. The number of anilines is 1. The number of nitrogens with zero attached hydrogens (tertiary/aromatic N) is 3. The van der Waals surface area contributed by atoms with E-state index in [9.17, 15) is 13.2 Å². The highest BCUT2D eigenvalue weighted by Gasteiger charge is 2.33. The lowest BCUT2D eigenvalue weighted by atomic mass is 9.97. The Morgan fingerprint density at radius 3 is 2.48 bits per heavy atom. The van der Waals surface area contributed by atoms with Crippen molar-refractivity contribution >= 4 is 21.6 Å². The number of nitrogens with one attached hydrogen (secondary N) is 1. The molecule has 0 spiro atoms. The number of aromatic nitrogens is 2. The lowest BCUT2D eigenvalue weighted by Gasteiger charge is -2.30. The highest BCUT2D eigenvalue weighted by Crippen LogP contribution is 2.30. The van der Waals surface area contributed by atoms with E-state index < -0.39 is 10.0 Å². The van der Waals surface area contributed by atoms with Gasteiger partial charge in [0.15, 0.2) is 16.5 Å². The third-order valence-corrected chi connectivity index (χ3v) is 6.84. The molecule has 1 amide bonds. The van der Waals surface area contributed by atoms with Crippen LogP contribution >= 0.6 is 0 Å². The quantitative estimate of drug-likeness (QED) is 0.732. The SMILES string of the molecule is CCn1cnc(S(=O)(=O)N2CCC(C(=O)Nc3ccc(OC)c(OC)c3)CC2)c1. The van der Waals surface area contributed by atoms with Gasteiger partial charge < -0.3 is 19.4 Å². The molecule has 0 saturated carbocycles. The standard InChI is InChI=1S/C19H26N4O5S/c1-4-22-12-18(20-13-22)29(25,26)23-9-7-14(8-10-23)19(24)21-15-5-6-16(27-2)17(11-15)28-3/h5-6,11-14H,4,7-10H2,1-3H3,(H,21,24). The Bertz CT molecular complexity index is 965. The van der Waals surface area contributed by atoms with Gasteiger partial charge in [-0.2, -0.15) is 4.31 Å². The first-order chi connectivity index (χ1) is 13.9. The molecule has 9 nitrogen and oxygen atoms in total. The third kappa shape index (κ3) is 4.54. The zero-order valence-electron chi connectivity index (χ0n) is 16.8. The number of ether oxygens (including phenoxy) is 2. The summed E-state index contributed by atoms with van der Waals surface area (Å²) in [6, 6.07) is 5.16. The second-order valence-corrected chi connectivity index (χ2v) is 8.66. The van der Waals surface area contributed by atoms with E-state index in [1.165, 1.54) is 23.9 Å².